The second-order valence-corrected chi connectivity index (χ2v) is 6.36. The molecule has 1 aromatic carbocycles. The van der Waals surface area contributed by atoms with Crippen molar-refractivity contribution in [1.82, 2.24) is 15.0 Å². The van der Waals surface area contributed by atoms with E-state index >= 15 is 0 Å². The van der Waals surface area contributed by atoms with Crippen molar-refractivity contribution < 1.29 is 23.0 Å². The van der Waals surface area contributed by atoms with Crippen molar-refractivity contribution in [3.8, 4) is 22.8 Å². The maximum absolute atomic E-state index is 13.2. The number of nitrogens with zero attached hydrogens (tertiary/aromatic N) is 3. The molecule has 156 valence electrons. The standard InChI is InChI=1S/C17H8Cl2F2N4O3.C2H6/c18-10-4-14-13(27-17(20,21)28-14)3-9(10)12-6-24-15(7-23-12)25-16(26)8-1-2-22-5-11(8)19;1-2/h1-7H,(H,24,25,26);1-2H3. The van der Waals surface area contributed by atoms with Gasteiger partial charge in [-0.15, -0.1) is 8.78 Å². The molecule has 0 unspecified atom stereocenters. The van der Waals surface area contributed by atoms with Crippen molar-refractivity contribution in [3.63, 3.8) is 0 Å². The second-order valence-electron chi connectivity index (χ2n) is 5.54. The number of carbonyl (C=O) groups excluding carboxylic acids is 1. The Morgan fingerprint density at radius 1 is 1.03 bits per heavy atom. The van der Waals surface area contributed by atoms with Gasteiger partial charge in [-0.25, -0.2) is 4.98 Å². The van der Waals surface area contributed by atoms with Crippen LogP contribution in [0.5, 0.6) is 11.5 Å². The summed E-state index contributed by atoms with van der Waals surface area (Å²) in [5.74, 6) is -0.677. The van der Waals surface area contributed by atoms with E-state index < -0.39 is 12.2 Å². The molecule has 1 aliphatic rings. The van der Waals surface area contributed by atoms with Crippen LogP contribution in [-0.2, 0) is 0 Å². The number of carbonyl (C=O) groups is 1. The van der Waals surface area contributed by atoms with Gasteiger partial charge in [-0.2, -0.15) is 0 Å². The summed E-state index contributed by atoms with van der Waals surface area (Å²) in [5.41, 5.74) is 0.818. The van der Waals surface area contributed by atoms with E-state index in [1.165, 1.54) is 43.0 Å². The lowest BCUT2D eigenvalue weighted by Crippen LogP contribution is -2.25. The van der Waals surface area contributed by atoms with Gasteiger partial charge in [-0.05, 0) is 12.1 Å². The predicted octanol–water partition coefficient (Wildman–Crippen LogP) is 5.45. The third kappa shape index (κ3) is 4.58. The van der Waals surface area contributed by atoms with E-state index in [-0.39, 0.29) is 38.6 Å². The number of hydrogen-bond acceptors (Lipinski definition) is 6. The molecule has 2 aromatic heterocycles. The third-order valence-corrected chi connectivity index (χ3v) is 4.29. The highest BCUT2D eigenvalue weighted by Gasteiger charge is 2.43. The number of nitrogens with one attached hydrogen (secondary N) is 1. The molecule has 1 aliphatic heterocycles. The normalized spacial score (nSPS) is 13.3. The monoisotopic (exact) mass is 454 g/mol. The van der Waals surface area contributed by atoms with Crippen LogP contribution in [0.3, 0.4) is 0 Å². The number of benzene rings is 1. The Kier molecular flexibility index (Phi) is 6.33. The summed E-state index contributed by atoms with van der Waals surface area (Å²) in [5, 5.41) is 2.85. The van der Waals surface area contributed by atoms with Gasteiger partial charge in [0.05, 0.1) is 33.7 Å². The third-order valence-electron chi connectivity index (χ3n) is 3.68. The first-order valence-corrected chi connectivity index (χ1v) is 9.41. The summed E-state index contributed by atoms with van der Waals surface area (Å²) < 4.78 is 35.1. The van der Waals surface area contributed by atoms with E-state index in [0.717, 1.165) is 0 Å². The van der Waals surface area contributed by atoms with Crippen LogP contribution in [0.1, 0.15) is 24.2 Å². The summed E-state index contributed by atoms with van der Waals surface area (Å²) in [6, 6.07) is 3.94. The molecule has 30 heavy (non-hydrogen) atoms. The van der Waals surface area contributed by atoms with Crippen molar-refractivity contribution in [3.05, 3.63) is 58.6 Å². The molecule has 0 saturated heterocycles. The first-order valence-electron chi connectivity index (χ1n) is 8.65. The van der Waals surface area contributed by atoms with Crippen molar-refractivity contribution in [2.45, 2.75) is 20.1 Å². The molecule has 0 aliphatic carbocycles. The first kappa shape index (κ1) is 21.7. The van der Waals surface area contributed by atoms with Gasteiger partial charge in [0.15, 0.2) is 17.3 Å². The minimum atomic E-state index is -3.75. The molecule has 0 radical (unpaired) electrons. The van der Waals surface area contributed by atoms with Gasteiger partial charge in [0.25, 0.3) is 5.91 Å². The van der Waals surface area contributed by atoms with Gasteiger partial charge in [-0.1, -0.05) is 37.0 Å². The van der Waals surface area contributed by atoms with Gasteiger partial charge < -0.3 is 14.8 Å². The average molecular weight is 455 g/mol. The number of rotatable bonds is 3. The zero-order chi connectivity index (χ0) is 21.9. The van der Waals surface area contributed by atoms with Gasteiger partial charge in [-0.3, -0.25) is 14.8 Å². The van der Waals surface area contributed by atoms with Crippen LogP contribution in [0.2, 0.25) is 10.0 Å². The van der Waals surface area contributed by atoms with Gasteiger partial charge in [0, 0.05) is 24.0 Å². The van der Waals surface area contributed by atoms with E-state index in [2.05, 4.69) is 29.7 Å². The fourth-order valence-electron chi connectivity index (χ4n) is 2.44. The number of amides is 1. The van der Waals surface area contributed by atoms with Crippen LogP contribution in [-0.4, -0.2) is 27.2 Å². The SMILES string of the molecule is CC.O=C(Nc1cnc(-c2cc3c(cc2Cl)OC(F)(F)O3)cn1)c1ccncc1Cl. The summed E-state index contributed by atoms with van der Waals surface area (Å²) in [4.78, 5) is 24.3. The van der Waals surface area contributed by atoms with Crippen LogP contribution in [0, 0.1) is 0 Å². The number of halogens is 4. The lowest BCUT2D eigenvalue weighted by Gasteiger charge is -2.08. The van der Waals surface area contributed by atoms with Crippen LogP contribution in [0.15, 0.2) is 43.0 Å². The molecule has 1 N–H and O–H groups in total. The highest BCUT2D eigenvalue weighted by Crippen LogP contribution is 2.45. The Hall–Kier alpha value is -3.04. The van der Waals surface area contributed by atoms with Crippen molar-refractivity contribution >= 4 is 34.9 Å². The molecule has 0 fully saturated rings. The molecule has 3 aromatic rings. The summed E-state index contributed by atoms with van der Waals surface area (Å²) >= 11 is 12.0. The molecule has 3 heterocycles. The Bertz CT molecular complexity index is 1080. The van der Waals surface area contributed by atoms with Gasteiger partial charge >= 0.3 is 6.29 Å². The van der Waals surface area contributed by atoms with Crippen LogP contribution < -0.4 is 14.8 Å². The fraction of sp³-hybridized carbons (Fsp3) is 0.158. The Labute approximate surface area is 180 Å². The van der Waals surface area contributed by atoms with E-state index in [9.17, 15) is 13.6 Å². The molecule has 7 nitrogen and oxygen atoms in total. The van der Waals surface area contributed by atoms with Crippen LogP contribution >= 0.6 is 23.2 Å². The van der Waals surface area contributed by atoms with Crippen molar-refractivity contribution in [1.29, 1.82) is 0 Å². The summed E-state index contributed by atoms with van der Waals surface area (Å²) in [6.07, 6.45) is 1.64. The highest BCUT2D eigenvalue weighted by atomic mass is 35.5. The minimum absolute atomic E-state index is 0.120. The first-order chi connectivity index (χ1) is 14.3. The largest absolute Gasteiger partial charge is 0.586 e. The van der Waals surface area contributed by atoms with Gasteiger partial charge in [0.1, 0.15) is 0 Å². The fourth-order valence-corrected chi connectivity index (χ4v) is 2.90. The molecule has 11 heteroatoms. The Balaban J connectivity index is 0.00000124. The zero-order valence-corrected chi connectivity index (χ0v) is 17.1. The zero-order valence-electron chi connectivity index (χ0n) is 15.6. The smallest absolute Gasteiger partial charge is 0.395 e. The molecule has 0 atom stereocenters. The van der Waals surface area contributed by atoms with Crippen molar-refractivity contribution in [2.75, 3.05) is 5.32 Å². The minimum Gasteiger partial charge on any atom is -0.395 e. The molecule has 4 rings (SSSR count). The number of anilines is 1. The Morgan fingerprint density at radius 2 is 1.73 bits per heavy atom. The average Bonchev–Trinajstić information content (AvgIpc) is 3.02. The Morgan fingerprint density at radius 3 is 2.37 bits per heavy atom. The molecular weight excluding hydrogens is 441 g/mol. The van der Waals surface area contributed by atoms with Crippen LogP contribution in [0.25, 0.3) is 11.3 Å². The van der Waals surface area contributed by atoms with E-state index in [1.807, 2.05) is 13.8 Å². The van der Waals surface area contributed by atoms with E-state index in [1.54, 1.807) is 0 Å². The van der Waals surface area contributed by atoms with E-state index in [0.29, 0.717) is 5.56 Å². The predicted molar refractivity (Wildman–Crippen MR) is 107 cm³/mol. The topological polar surface area (TPSA) is 86.2 Å². The quantitative estimate of drug-likeness (QED) is 0.566. The second kappa shape index (κ2) is 8.76. The lowest BCUT2D eigenvalue weighted by atomic mass is 10.1. The number of aromatic nitrogens is 3. The van der Waals surface area contributed by atoms with Gasteiger partial charge in [0.2, 0.25) is 0 Å². The molecule has 1 amide bonds. The maximum atomic E-state index is 13.2. The number of pyridine rings is 1. The number of hydrogen-bond donors (Lipinski definition) is 1. The summed E-state index contributed by atoms with van der Waals surface area (Å²) in [7, 11) is 0. The molecular formula is C19H14Cl2F2N4O3. The number of ether oxygens (including phenoxy) is 2. The molecule has 0 spiro atoms. The molecule has 0 saturated carbocycles. The van der Waals surface area contributed by atoms with Crippen LogP contribution in [0.4, 0.5) is 14.6 Å². The summed E-state index contributed by atoms with van der Waals surface area (Å²) in [6.45, 7) is 4.00. The number of alkyl halides is 2. The lowest BCUT2D eigenvalue weighted by molar-refractivity contribution is -0.286. The highest BCUT2D eigenvalue weighted by molar-refractivity contribution is 6.34. The number of fused-ring (bicyclic) bond motifs is 1. The maximum Gasteiger partial charge on any atom is 0.586 e. The van der Waals surface area contributed by atoms with E-state index in [4.69, 9.17) is 23.2 Å². The molecule has 0 bridgehead atoms. The van der Waals surface area contributed by atoms with Crippen molar-refractivity contribution in [2.24, 2.45) is 0 Å².